The van der Waals surface area contributed by atoms with E-state index in [-0.39, 0.29) is 10.4 Å². The summed E-state index contributed by atoms with van der Waals surface area (Å²) in [6.07, 6.45) is 0. The van der Waals surface area contributed by atoms with Gasteiger partial charge in [-0.05, 0) is 0 Å². The first-order valence-corrected chi connectivity index (χ1v) is 24.4. The molecule has 0 spiro atoms. The second-order valence-corrected chi connectivity index (χ2v) is 63.7. The number of halogens is 5. The molecule has 0 atom stereocenters. The molecule has 7 heteroatoms. The van der Waals surface area contributed by atoms with Gasteiger partial charge in [-0.2, -0.15) is 0 Å². The maximum absolute atomic E-state index is 10.5. The third kappa shape index (κ3) is 9.86. The van der Waals surface area contributed by atoms with Crippen LogP contribution in [0.4, 0.5) is 0 Å². The first-order chi connectivity index (χ1) is 3.89. The van der Waals surface area contributed by atoms with Crippen LogP contribution in [0.15, 0.2) is 0 Å². The SMILES string of the molecule is CC(=O)[CH2][Ta]([Cl])([Cl])([Cl])([Cl])[Cl]. The molecule has 0 N–H and O–H groups in total. The third-order valence-electron chi connectivity index (χ3n) is 0.521. The Morgan fingerprint density at radius 1 is 1.20 bits per heavy atom. The second-order valence-electron chi connectivity index (χ2n) is 2.10. The Kier molecular flexibility index (Phi) is 2.88. The van der Waals surface area contributed by atoms with Crippen LogP contribution in [0, 0.1) is 0 Å². The van der Waals surface area contributed by atoms with E-state index >= 15 is 0 Å². The zero-order valence-electron chi connectivity index (χ0n) is 4.95. The number of Topliss-reactive ketones (excluding diaryl/α,β-unsaturated/α-hetero) is 1. The molecule has 0 rings (SSSR count). The normalized spacial score (nSPS) is 19.4. The quantitative estimate of drug-likeness (QED) is 0.667. The van der Waals surface area contributed by atoms with E-state index in [1.165, 1.54) is 6.92 Å². The van der Waals surface area contributed by atoms with Crippen LogP contribution in [-0.2, 0) is 13.9 Å². The van der Waals surface area contributed by atoms with Crippen molar-refractivity contribution in [2.75, 3.05) is 0 Å². The molecule has 0 aromatic heterocycles. The molecule has 0 saturated carbocycles. The molecule has 0 aliphatic rings. The monoisotopic (exact) mass is 413 g/mol. The predicted octanol–water partition coefficient (Wildman–Crippen LogP) is 3.99. The average Bonchev–Trinajstić information content (AvgIpc) is 1.12. The molecule has 0 bridgehead atoms. The van der Waals surface area contributed by atoms with E-state index in [2.05, 4.69) is 0 Å². The van der Waals surface area contributed by atoms with Crippen molar-refractivity contribution < 1.29 is 13.9 Å². The maximum atomic E-state index is 10.5. The van der Waals surface area contributed by atoms with Gasteiger partial charge in [0, 0.05) is 0 Å². The van der Waals surface area contributed by atoms with Gasteiger partial charge in [0.2, 0.25) is 0 Å². The summed E-state index contributed by atoms with van der Waals surface area (Å²) in [4.78, 5) is 10.5. The Morgan fingerprint density at radius 2 is 1.50 bits per heavy atom. The number of hydrogen-bond acceptors (Lipinski definition) is 1. The van der Waals surface area contributed by atoms with Crippen LogP contribution in [0.5, 0.6) is 0 Å². The van der Waals surface area contributed by atoms with Crippen molar-refractivity contribution in [3.05, 3.63) is 0 Å². The van der Waals surface area contributed by atoms with Gasteiger partial charge in [0.15, 0.2) is 0 Å². The predicted molar refractivity (Wildman–Crippen MR) is 44.8 cm³/mol. The van der Waals surface area contributed by atoms with Crippen LogP contribution >= 0.6 is 45.9 Å². The zero-order valence-corrected chi connectivity index (χ0v) is 11.9. The zero-order chi connectivity index (χ0) is 8.69. The minimum absolute atomic E-state index is 0.316. The Labute approximate surface area is 76.4 Å². The van der Waals surface area contributed by atoms with Crippen LogP contribution in [0.25, 0.3) is 0 Å². The van der Waals surface area contributed by atoms with Crippen LogP contribution in [0.2, 0.25) is 4.64 Å². The van der Waals surface area contributed by atoms with Crippen molar-refractivity contribution in [1.29, 1.82) is 0 Å². The van der Waals surface area contributed by atoms with Gasteiger partial charge in [0.05, 0.1) is 0 Å². The van der Waals surface area contributed by atoms with Gasteiger partial charge < -0.3 is 0 Å². The summed E-state index contributed by atoms with van der Waals surface area (Å²) >= 11 is 0. The average molecular weight is 415 g/mol. The summed E-state index contributed by atoms with van der Waals surface area (Å²) in [6.45, 7) is 1.27. The molecule has 10 heavy (non-hydrogen) atoms. The van der Waals surface area contributed by atoms with E-state index in [1.807, 2.05) is 0 Å². The first kappa shape index (κ1) is 11.9. The number of rotatable bonds is 2. The molecule has 0 saturated heterocycles. The van der Waals surface area contributed by atoms with Crippen molar-refractivity contribution in [3.8, 4) is 0 Å². The van der Waals surface area contributed by atoms with E-state index in [0.717, 1.165) is 0 Å². The van der Waals surface area contributed by atoms with Crippen molar-refractivity contribution >= 4 is 51.7 Å². The Hall–Kier alpha value is 1.86. The van der Waals surface area contributed by atoms with Crippen LogP contribution < -0.4 is 0 Å². The number of carbonyl (C=O) groups excluding carboxylic acids is 1. The number of ketones is 1. The van der Waals surface area contributed by atoms with E-state index in [4.69, 9.17) is 45.9 Å². The summed E-state index contributed by atoms with van der Waals surface area (Å²) in [5, 5.41) is 0. The fraction of sp³-hybridized carbons (Fsp3) is 0.667. The van der Waals surface area contributed by atoms with Crippen molar-refractivity contribution in [3.63, 3.8) is 0 Å². The van der Waals surface area contributed by atoms with Crippen molar-refractivity contribution in [2.24, 2.45) is 0 Å². The van der Waals surface area contributed by atoms with E-state index in [0.29, 0.717) is 0 Å². The van der Waals surface area contributed by atoms with Crippen molar-refractivity contribution in [2.45, 2.75) is 11.6 Å². The molecule has 1 nitrogen and oxygen atoms in total. The Balaban J connectivity index is 4.59. The summed E-state index contributed by atoms with van der Waals surface area (Å²) in [6, 6.07) is 0. The molecule has 0 radical (unpaired) electrons. The summed E-state index contributed by atoms with van der Waals surface area (Å²) in [5.41, 5.74) is 0. The van der Waals surface area contributed by atoms with Crippen molar-refractivity contribution in [1.82, 2.24) is 0 Å². The summed E-state index contributed by atoms with van der Waals surface area (Å²) in [7, 11) is 21.9. The molecule has 63 valence electrons. The van der Waals surface area contributed by atoms with Gasteiger partial charge in [0.1, 0.15) is 0 Å². The van der Waals surface area contributed by atoms with Crippen LogP contribution in [0.1, 0.15) is 6.92 Å². The molecule has 0 heterocycles. The third-order valence-corrected chi connectivity index (χ3v) is 9.16. The summed E-state index contributed by atoms with van der Waals surface area (Å²) < 4.78 is -0.349. The molecular weight excluding hydrogens is 410 g/mol. The van der Waals surface area contributed by atoms with E-state index in [1.54, 1.807) is 0 Å². The van der Waals surface area contributed by atoms with E-state index in [9.17, 15) is 4.79 Å². The summed E-state index contributed by atoms with van der Waals surface area (Å²) in [5.74, 6) is -0.316. The van der Waals surface area contributed by atoms with Crippen LogP contribution in [0.3, 0.4) is 0 Å². The molecule has 0 aliphatic carbocycles. The Morgan fingerprint density at radius 3 is 1.50 bits per heavy atom. The van der Waals surface area contributed by atoms with Gasteiger partial charge in [-0.1, -0.05) is 0 Å². The van der Waals surface area contributed by atoms with E-state index < -0.39 is 9.10 Å². The van der Waals surface area contributed by atoms with Gasteiger partial charge in [-0.15, -0.1) is 0 Å². The topological polar surface area (TPSA) is 17.1 Å². The van der Waals surface area contributed by atoms with Crippen LogP contribution in [-0.4, -0.2) is 5.78 Å². The minimum atomic E-state index is -5.55. The fourth-order valence-electron chi connectivity index (χ4n) is 0.421. The molecule has 0 aromatic rings. The van der Waals surface area contributed by atoms with Gasteiger partial charge >= 0.3 is 77.2 Å². The molecule has 0 aromatic carbocycles. The molecule has 0 fully saturated rings. The molecular formula is C3H5Cl5OTa. The molecule has 0 amide bonds. The number of carbonyl (C=O) groups is 1. The fourth-order valence-corrected chi connectivity index (χ4v) is 10.3. The second kappa shape index (κ2) is 2.43. The Bertz CT molecular complexity index is 164. The molecule has 0 unspecified atom stereocenters. The first-order valence-electron chi connectivity index (χ1n) is 2.22. The standard InChI is InChI=1S/C3H5O.5ClH.Ta/c1-3(2)4;;;;;;/h1H2,2H3;5*1H;/q;;;;;;+5/p-5. The van der Waals surface area contributed by atoms with Gasteiger partial charge in [-0.3, -0.25) is 0 Å². The van der Waals surface area contributed by atoms with Gasteiger partial charge in [-0.25, -0.2) is 0 Å². The number of hydrogen-bond donors (Lipinski definition) is 0. The molecule has 0 aliphatic heterocycles. The van der Waals surface area contributed by atoms with Gasteiger partial charge in [0.25, 0.3) is 0 Å².